The highest BCUT2D eigenvalue weighted by Crippen LogP contribution is 2.36. The van der Waals surface area contributed by atoms with Gasteiger partial charge in [-0.2, -0.15) is 0 Å². The molecule has 0 bridgehead atoms. The fraction of sp³-hybridized carbons (Fsp3) is 0.208. The maximum Gasteiger partial charge on any atom is 0.196 e. The Morgan fingerprint density at radius 1 is 0.966 bits per heavy atom. The fourth-order valence-corrected chi connectivity index (χ4v) is 4.49. The van der Waals surface area contributed by atoms with E-state index in [4.69, 9.17) is 9.47 Å². The van der Waals surface area contributed by atoms with Crippen molar-refractivity contribution in [2.75, 3.05) is 20.8 Å². The summed E-state index contributed by atoms with van der Waals surface area (Å²) in [7, 11) is 3.33. The highest BCUT2D eigenvalue weighted by Gasteiger charge is 2.24. The van der Waals surface area contributed by atoms with Gasteiger partial charge in [-0.3, -0.25) is 4.79 Å². The smallest absolute Gasteiger partial charge is 0.196 e. The maximum absolute atomic E-state index is 13.8. The van der Waals surface area contributed by atoms with Crippen molar-refractivity contribution >= 4 is 43.4 Å². The van der Waals surface area contributed by atoms with Crippen LogP contribution in [0.5, 0.6) is 5.75 Å². The summed E-state index contributed by atoms with van der Waals surface area (Å²) in [6, 6.07) is 17.6. The summed E-state index contributed by atoms with van der Waals surface area (Å²) < 4.78 is 14.0. The monoisotopic (exact) mass is 451 g/mol. The number of nitrogens with zero attached hydrogens (tertiary/aromatic N) is 1. The molecule has 148 valence electrons. The minimum Gasteiger partial charge on any atom is -0.495 e. The molecule has 0 spiro atoms. The van der Waals surface area contributed by atoms with Crippen LogP contribution in [0.4, 0.5) is 0 Å². The lowest BCUT2D eigenvalue weighted by Crippen LogP contribution is -2.09. The van der Waals surface area contributed by atoms with Crippen LogP contribution in [0.15, 0.2) is 59.1 Å². The summed E-state index contributed by atoms with van der Waals surface area (Å²) in [6.45, 7) is 3.19. The van der Waals surface area contributed by atoms with Gasteiger partial charge in [0.05, 0.1) is 24.8 Å². The number of carbonyl (C=O) groups excluding carboxylic acids is 1. The van der Waals surface area contributed by atoms with Gasteiger partial charge in [-0.1, -0.05) is 52.3 Å². The van der Waals surface area contributed by atoms with E-state index in [1.54, 1.807) is 14.2 Å². The Morgan fingerprint density at radius 3 is 2.41 bits per heavy atom. The van der Waals surface area contributed by atoms with Crippen LogP contribution in [0.3, 0.4) is 0 Å². The van der Waals surface area contributed by atoms with E-state index >= 15 is 0 Å². The predicted molar refractivity (Wildman–Crippen MR) is 120 cm³/mol. The largest absolute Gasteiger partial charge is 0.495 e. The SMILES string of the molecule is COCCn1c(C)c(C(=O)c2ccc(Br)c3ccccc23)c2cccc(OC)c21. The zero-order chi connectivity index (χ0) is 20.5. The number of hydrogen-bond donors (Lipinski definition) is 0. The first-order valence-corrected chi connectivity index (χ1v) is 10.2. The van der Waals surface area contributed by atoms with Crippen molar-refractivity contribution in [1.29, 1.82) is 0 Å². The Labute approximate surface area is 178 Å². The molecule has 0 atom stereocenters. The van der Waals surface area contributed by atoms with Gasteiger partial charge in [0.25, 0.3) is 0 Å². The van der Waals surface area contributed by atoms with Crippen LogP contribution in [-0.4, -0.2) is 31.2 Å². The van der Waals surface area contributed by atoms with E-state index in [0.717, 1.165) is 37.6 Å². The Bertz CT molecular complexity index is 1230. The molecule has 1 aromatic heterocycles. The molecule has 0 saturated heterocycles. The van der Waals surface area contributed by atoms with Crippen LogP contribution in [0.1, 0.15) is 21.6 Å². The quantitative estimate of drug-likeness (QED) is 0.350. The number of aromatic nitrogens is 1. The summed E-state index contributed by atoms with van der Waals surface area (Å²) in [4.78, 5) is 13.8. The Morgan fingerprint density at radius 2 is 1.69 bits per heavy atom. The van der Waals surface area contributed by atoms with Gasteiger partial charge in [-0.25, -0.2) is 0 Å². The van der Waals surface area contributed by atoms with E-state index in [1.807, 2.05) is 61.5 Å². The molecule has 0 saturated carbocycles. The minimum atomic E-state index is 0.0145. The van der Waals surface area contributed by atoms with Gasteiger partial charge in [0.15, 0.2) is 5.78 Å². The fourth-order valence-electron chi connectivity index (χ4n) is 4.01. The van der Waals surface area contributed by atoms with Crippen LogP contribution in [0.25, 0.3) is 21.7 Å². The highest BCUT2D eigenvalue weighted by molar-refractivity contribution is 9.10. The number of methoxy groups -OCH3 is 2. The molecule has 0 aliphatic heterocycles. The van der Waals surface area contributed by atoms with Crippen molar-refractivity contribution in [3.63, 3.8) is 0 Å². The zero-order valence-electron chi connectivity index (χ0n) is 16.7. The Balaban J connectivity index is 1.99. The average molecular weight is 452 g/mol. The summed E-state index contributed by atoms with van der Waals surface area (Å²) in [5.41, 5.74) is 3.25. The van der Waals surface area contributed by atoms with E-state index < -0.39 is 0 Å². The molecule has 0 amide bonds. The van der Waals surface area contributed by atoms with Gasteiger partial charge in [0, 0.05) is 34.8 Å². The van der Waals surface area contributed by atoms with Crippen molar-refractivity contribution in [1.82, 2.24) is 4.57 Å². The van der Waals surface area contributed by atoms with Crippen molar-refractivity contribution in [2.24, 2.45) is 0 Å². The second kappa shape index (κ2) is 8.01. The molecule has 1 heterocycles. The summed E-state index contributed by atoms with van der Waals surface area (Å²) in [5, 5.41) is 2.86. The van der Waals surface area contributed by atoms with Crippen LogP contribution in [0, 0.1) is 6.92 Å². The standard InChI is InChI=1S/C24H22BrNO3/c1-15-22(19-9-6-10-21(29-3)23(19)26(15)13-14-28-2)24(27)18-11-12-20(25)17-8-5-4-7-16(17)18/h4-12H,13-14H2,1-3H3. The number of ketones is 1. The lowest BCUT2D eigenvalue weighted by atomic mass is 9.95. The maximum atomic E-state index is 13.8. The first-order chi connectivity index (χ1) is 14.1. The number of rotatable bonds is 6. The van der Waals surface area contributed by atoms with Gasteiger partial charge < -0.3 is 14.0 Å². The summed E-state index contributed by atoms with van der Waals surface area (Å²) in [5.74, 6) is 0.766. The molecule has 0 fully saturated rings. The first-order valence-electron chi connectivity index (χ1n) is 9.45. The lowest BCUT2D eigenvalue weighted by molar-refractivity contribution is 0.104. The number of hydrogen-bond acceptors (Lipinski definition) is 3. The van der Waals surface area contributed by atoms with E-state index in [1.165, 1.54) is 0 Å². The second-order valence-corrected chi connectivity index (χ2v) is 7.79. The number of fused-ring (bicyclic) bond motifs is 2. The summed E-state index contributed by atoms with van der Waals surface area (Å²) in [6.07, 6.45) is 0. The van der Waals surface area contributed by atoms with E-state index in [-0.39, 0.29) is 5.78 Å². The van der Waals surface area contributed by atoms with Crippen molar-refractivity contribution in [3.8, 4) is 5.75 Å². The molecular weight excluding hydrogens is 430 g/mol. The molecule has 5 heteroatoms. The molecular formula is C24H22BrNO3. The Kier molecular flexibility index (Phi) is 5.43. The first kappa shape index (κ1) is 19.7. The van der Waals surface area contributed by atoms with Gasteiger partial charge >= 0.3 is 0 Å². The molecule has 0 aliphatic carbocycles. The second-order valence-electron chi connectivity index (χ2n) is 6.93. The van der Waals surface area contributed by atoms with Gasteiger partial charge in [-0.15, -0.1) is 0 Å². The molecule has 4 nitrogen and oxygen atoms in total. The average Bonchev–Trinajstić information content (AvgIpc) is 3.03. The number of carbonyl (C=O) groups is 1. The molecule has 4 rings (SSSR count). The Hall–Kier alpha value is -2.63. The van der Waals surface area contributed by atoms with Gasteiger partial charge in [0.1, 0.15) is 5.75 Å². The summed E-state index contributed by atoms with van der Waals surface area (Å²) >= 11 is 3.60. The number of para-hydroxylation sites is 1. The third kappa shape index (κ3) is 3.24. The van der Waals surface area contributed by atoms with Crippen molar-refractivity contribution in [3.05, 3.63) is 75.9 Å². The molecule has 4 aromatic rings. The molecule has 29 heavy (non-hydrogen) atoms. The molecule has 3 aromatic carbocycles. The van der Waals surface area contributed by atoms with Crippen LogP contribution in [-0.2, 0) is 11.3 Å². The van der Waals surface area contributed by atoms with E-state index in [9.17, 15) is 4.79 Å². The number of ether oxygens (including phenoxy) is 2. The normalized spacial score (nSPS) is 11.3. The lowest BCUT2D eigenvalue weighted by Gasteiger charge is -2.10. The molecule has 0 unspecified atom stereocenters. The minimum absolute atomic E-state index is 0.0145. The van der Waals surface area contributed by atoms with Crippen LogP contribution in [0.2, 0.25) is 0 Å². The topological polar surface area (TPSA) is 40.5 Å². The third-order valence-corrected chi connectivity index (χ3v) is 6.08. The van der Waals surface area contributed by atoms with Crippen molar-refractivity contribution < 1.29 is 14.3 Å². The third-order valence-electron chi connectivity index (χ3n) is 5.39. The van der Waals surface area contributed by atoms with Crippen molar-refractivity contribution in [2.45, 2.75) is 13.5 Å². The van der Waals surface area contributed by atoms with Gasteiger partial charge in [-0.05, 0) is 35.9 Å². The predicted octanol–water partition coefficient (Wildman–Crippen LogP) is 5.75. The molecule has 0 aliphatic rings. The zero-order valence-corrected chi connectivity index (χ0v) is 18.2. The van der Waals surface area contributed by atoms with Crippen LogP contribution >= 0.6 is 15.9 Å². The number of benzene rings is 3. The van der Waals surface area contributed by atoms with E-state index in [0.29, 0.717) is 24.3 Å². The molecule has 0 radical (unpaired) electrons. The number of halogens is 1. The highest BCUT2D eigenvalue weighted by atomic mass is 79.9. The van der Waals surface area contributed by atoms with Crippen LogP contribution < -0.4 is 4.74 Å². The van der Waals surface area contributed by atoms with Gasteiger partial charge in [0.2, 0.25) is 0 Å². The molecule has 0 N–H and O–H groups in total. The van der Waals surface area contributed by atoms with E-state index in [2.05, 4.69) is 20.5 Å².